The fourth-order valence-electron chi connectivity index (χ4n) is 8.57. The number of hydrogen-bond acceptors (Lipinski definition) is 6. The van der Waals surface area contributed by atoms with E-state index in [9.17, 15) is 4.79 Å². The summed E-state index contributed by atoms with van der Waals surface area (Å²) in [4.78, 5) is 17.4. The second-order valence-corrected chi connectivity index (χ2v) is 15.8. The number of likely N-dealkylation sites (N-methyl/N-ethyl adjacent to an activating group) is 1. The smallest absolute Gasteiger partial charge is 0.220 e. The van der Waals surface area contributed by atoms with Crippen molar-refractivity contribution in [3.8, 4) is 0 Å². The van der Waals surface area contributed by atoms with E-state index in [2.05, 4.69) is 154 Å². The summed E-state index contributed by atoms with van der Waals surface area (Å²) in [6.45, 7) is 13.3. The third-order valence-electron chi connectivity index (χ3n) is 11.1. The topological polar surface area (TPSA) is 54.0 Å². The SMILES string of the molecule is CN1/C(=C/C=C/C2N(CCCCCCC(=O)NCCOCCOCCS)c3ccc4ccccc4c3C2(C)C)C(C)(C)c2c1ccc1ccccc21. The molecule has 2 aliphatic heterocycles. The van der Waals surface area contributed by atoms with Crippen LogP contribution in [-0.2, 0) is 25.1 Å². The number of benzene rings is 4. The summed E-state index contributed by atoms with van der Waals surface area (Å²) >= 11 is 4.12. The van der Waals surface area contributed by atoms with Gasteiger partial charge in [0.25, 0.3) is 0 Å². The number of unbranched alkanes of at least 4 members (excludes halogenated alkanes) is 3. The number of ether oxygens (including phenoxy) is 2. The average molecular weight is 720 g/mol. The van der Waals surface area contributed by atoms with Gasteiger partial charge < -0.3 is 24.6 Å². The van der Waals surface area contributed by atoms with Gasteiger partial charge in [0.15, 0.2) is 0 Å². The Hall–Kier alpha value is -3.78. The fourth-order valence-corrected chi connectivity index (χ4v) is 8.70. The molecule has 1 unspecified atom stereocenters. The van der Waals surface area contributed by atoms with Gasteiger partial charge in [-0.3, -0.25) is 4.79 Å². The number of nitrogens with zero attached hydrogens (tertiary/aromatic N) is 2. The van der Waals surface area contributed by atoms with Crippen LogP contribution in [0.5, 0.6) is 0 Å². The van der Waals surface area contributed by atoms with E-state index in [4.69, 9.17) is 9.47 Å². The number of anilines is 2. The highest BCUT2D eigenvalue weighted by Crippen LogP contribution is 2.51. The summed E-state index contributed by atoms with van der Waals surface area (Å²) in [6.07, 6.45) is 11.8. The van der Waals surface area contributed by atoms with E-state index in [1.54, 1.807) is 0 Å². The molecule has 4 aromatic carbocycles. The Morgan fingerprint density at radius 1 is 0.788 bits per heavy atom. The first kappa shape index (κ1) is 38.0. The number of allylic oxidation sites excluding steroid dienone is 3. The van der Waals surface area contributed by atoms with Gasteiger partial charge in [0, 0.05) is 60.2 Å². The molecule has 0 spiro atoms. The molecular formula is C45H57N3O3S. The van der Waals surface area contributed by atoms with E-state index >= 15 is 0 Å². The highest BCUT2D eigenvalue weighted by atomic mass is 32.1. The minimum absolute atomic E-state index is 0.0806. The lowest BCUT2D eigenvalue weighted by Crippen LogP contribution is -2.40. The predicted molar refractivity (Wildman–Crippen MR) is 222 cm³/mol. The number of hydrogen-bond donors (Lipinski definition) is 2. The van der Waals surface area contributed by atoms with Crippen molar-refractivity contribution in [1.82, 2.24) is 5.32 Å². The summed E-state index contributed by atoms with van der Waals surface area (Å²) in [5.74, 6) is 0.809. The van der Waals surface area contributed by atoms with Crippen LogP contribution < -0.4 is 15.1 Å². The number of nitrogens with one attached hydrogen (secondary N) is 1. The monoisotopic (exact) mass is 719 g/mol. The molecule has 2 aliphatic rings. The van der Waals surface area contributed by atoms with Gasteiger partial charge in [-0.15, -0.1) is 0 Å². The molecule has 0 saturated heterocycles. The van der Waals surface area contributed by atoms with Crippen molar-refractivity contribution < 1.29 is 14.3 Å². The van der Waals surface area contributed by atoms with Crippen molar-refractivity contribution in [3.05, 3.63) is 108 Å². The lowest BCUT2D eigenvalue weighted by atomic mass is 9.78. The van der Waals surface area contributed by atoms with Crippen LogP contribution >= 0.6 is 12.6 Å². The molecule has 0 fully saturated rings. The summed E-state index contributed by atoms with van der Waals surface area (Å²) in [6, 6.07) is 26.9. The van der Waals surface area contributed by atoms with E-state index in [1.807, 2.05) is 0 Å². The van der Waals surface area contributed by atoms with Crippen molar-refractivity contribution in [2.24, 2.45) is 0 Å². The molecule has 52 heavy (non-hydrogen) atoms. The lowest BCUT2D eigenvalue weighted by Gasteiger charge is -2.32. The maximum absolute atomic E-state index is 12.4. The third kappa shape index (κ3) is 7.92. The molecule has 0 aliphatic carbocycles. The van der Waals surface area contributed by atoms with Crippen LogP contribution in [0.1, 0.15) is 70.9 Å². The summed E-state index contributed by atoms with van der Waals surface area (Å²) in [5.41, 5.74) is 6.59. The van der Waals surface area contributed by atoms with Gasteiger partial charge in [-0.05, 0) is 63.7 Å². The number of carbonyl (C=O) groups is 1. The van der Waals surface area contributed by atoms with Crippen molar-refractivity contribution in [1.29, 1.82) is 0 Å². The standard InChI is InChI=1S/C45H57N3O3S/c1-44(2)39(47(5)37-24-22-33-15-9-11-17-35(33)42(37)44)19-14-20-40-45(3,4)43-36-18-12-10-16-34(36)23-25-38(43)48(40)27-13-7-6-8-21-41(49)46-26-28-50-29-30-51-31-32-52/h9-12,14-20,22-25,40,52H,6-8,13,21,26-32H2,1-5H3,(H,46,49)/b20-14+,39-19+. The van der Waals surface area contributed by atoms with Crippen molar-refractivity contribution >= 4 is 51.5 Å². The number of fused-ring (bicyclic) bond motifs is 6. The van der Waals surface area contributed by atoms with Crippen LogP contribution in [0.25, 0.3) is 21.5 Å². The van der Waals surface area contributed by atoms with Gasteiger partial charge in [0.05, 0.1) is 32.5 Å². The molecular weight excluding hydrogens is 663 g/mol. The quantitative estimate of drug-likeness (QED) is 0.0842. The fraction of sp³-hybridized carbons (Fsp3) is 0.444. The summed E-state index contributed by atoms with van der Waals surface area (Å²) in [5, 5.41) is 8.25. The Morgan fingerprint density at radius 3 is 2.13 bits per heavy atom. The first-order valence-electron chi connectivity index (χ1n) is 19.1. The molecule has 0 bridgehead atoms. The Bertz CT molecular complexity index is 1910. The van der Waals surface area contributed by atoms with Gasteiger partial charge in [-0.25, -0.2) is 0 Å². The molecule has 1 amide bonds. The van der Waals surface area contributed by atoms with E-state index in [1.165, 1.54) is 49.7 Å². The highest BCUT2D eigenvalue weighted by molar-refractivity contribution is 7.80. The lowest BCUT2D eigenvalue weighted by molar-refractivity contribution is -0.121. The normalized spacial score (nSPS) is 18.2. The molecule has 0 radical (unpaired) electrons. The van der Waals surface area contributed by atoms with Crippen LogP contribution in [0.15, 0.2) is 96.7 Å². The summed E-state index contributed by atoms with van der Waals surface area (Å²) in [7, 11) is 2.21. The Balaban J connectivity index is 1.11. The van der Waals surface area contributed by atoms with Gasteiger partial charge in [-0.1, -0.05) is 113 Å². The molecule has 6 rings (SSSR count). The molecule has 0 aromatic heterocycles. The van der Waals surface area contributed by atoms with Crippen LogP contribution in [0.2, 0.25) is 0 Å². The van der Waals surface area contributed by atoms with E-state index < -0.39 is 0 Å². The molecule has 276 valence electrons. The van der Waals surface area contributed by atoms with Crippen molar-refractivity contribution in [2.45, 2.75) is 76.7 Å². The molecule has 6 nitrogen and oxygen atoms in total. The minimum atomic E-state index is -0.120. The molecule has 7 heteroatoms. The first-order chi connectivity index (χ1) is 25.2. The zero-order chi connectivity index (χ0) is 36.7. The molecule has 1 N–H and O–H groups in total. The highest BCUT2D eigenvalue weighted by Gasteiger charge is 2.44. The third-order valence-corrected chi connectivity index (χ3v) is 11.3. The van der Waals surface area contributed by atoms with Crippen molar-refractivity contribution in [3.63, 3.8) is 0 Å². The van der Waals surface area contributed by atoms with Gasteiger partial charge in [0.2, 0.25) is 5.91 Å². The maximum atomic E-state index is 12.4. The zero-order valence-electron chi connectivity index (χ0n) is 31.8. The Morgan fingerprint density at radius 2 is 1.42 bits per heavy atom. The van der Waals surface area contributed by atoms with E-state index in [-0.39, 0.29) is 22.8 Å². The maximum Gasteiger partial charge on any atom is 0.220 e. The predicted octanol–water partition coefficient (Wildman–Crippen LogP) is 9.36. The number of rotatable bonds is 17. The number of thiol groups is 1. The average Bonchev–Trinajstić information content (AvgIpc) is 3.48. The Kier molecular flexibility index (Phi) is 12.3. The van der Waals surface area contributed by atoms with Crippen LogP contribution in [0.4, 0.5) is 11.4 Å². The van der Waals surface area contributed by atoms with E-state index in [0.717, 1.165) is 32.2 Å². The zero-order valence-corrected chi connectivity index (χ0v) is 32.7. The second kappa shape index (κ2) is 16.9. The van der Waals surface area contributed by atoms with Gasteiger partial charge in [-0.2, -0.15) is 12.6 Å². The van der Waals surface area contributed by atoms with Crippen LogP contribution in [-0.4, -0.2) is 64.3 Å². The van der Waals surface area contributed by atoms with Crippen molar-refractivity contribution in [2.75, 3.05) is 62.1 Å². The number of carbonyl (C=O) groups excluding carboxylic acids is 1. The van der Waals surface area contributed by atoms with Gasteiger partial charge >= 0.3 is 0 Å². The Labute approximate surface area is 316 Å². The largest absolute Gasteiger partial charge is 0.378 e. The molecule has 1 atom stereocenters. The molecule has 4 aromatic rings. The van der Waals surface area contributed by atoms with Crippen LogP contribution in [0, 0.1) is 0 Å². The molecule has 2 heterocycles. The van der Waals surface area contributed by atoms with Gasteiger partial charge in [0.1, 0.15) is 0 Å². The molecule has 0 saturated carbocycles. The van der Waals surface area contributed by atoms with E-state index in [0.29, 0.717) is 45.1 Å². The minimum Gasteiger partial charge on any atom is -0.378 e. The first-order valence-corrected chi connectivity index (χ1v) is 19.8. The second-order valence-electron chi connectivity index (χ2n) is 15.3. The summed E-state index contributed by atoms with van der Waals surface area (Å²) < 4.78 is 10.9. The number of amides is 1. The van der Waals surface area contributed by atoms with Crippen LogP contribution in [0.3, 0.4) is 0 Å².